The third kappa shape index (κ3) is 941. The molecule has 4 nitrogen and oxygen atoms in total. The fourth-order valence-corrected chi connectivity index (χ4v) is 0. The van der Waals surface area contributed by atoms with E-state index in [1.165, 1.54) is 0 Å². The predicted molar refractivity (Wildman–Crippen MR) is 18.1 cm³/mol. The van der Waals surface area contributed by atoms with Gasteiger partial charge in [-0.05, 0) is 0 Å². The third-order valence-electron chi connectivity index (χ3n) is 0. The number of hydrogen-bond acceptors (Lipinski definition) is 1. The molecule has 0 aromatic rings. The van der Waals surface area contributed by atoms with Gasteiger partial charge in [-0.2, -0.15) is 0 Å². The normalized spacial score (nSPS) is 8.43. The molecule has 0 fully saturated rings. The van der Waals surface area contributed by atoms with E-state index in [2.05, 4.69) is 0 Å². The first-order valence-electron chi connectivity index (χ1n) is 0.783. The second-order valence-corrected chi connectivity index (χ2v) is 3.44. The molecule has 3 N–H and O–H groups in total. The van der Waals surface area contributed by atoms with Crippen molar-refractivity contribution in [2.75, 3.05) is 0 Å². The summed E-state index contributed by atoms with van der Waals surface area (Å²) in [5, 5.41) is 0. The van der Waals surface area contributed by atoms with E-state index in [-0.39, 0.29) is 9.41 Å². The van der Waals surface area contributed by atoms with Crippen LogP contribution in [0.3, 0.4) is 0 Å². The van der Waals surface area contributed by atoms with Crippen LogP contribution in [-0.4, -0.2) is 30.2 Å². The minimum atomic E-state index is -5.35. The van der Waals surface area contributed by atoms with Crippen molar-refractivity contribution in [2.24, 2.45) is 0 Å². The van der Waals surface area contributed by atoms with E-state index in [0.717, 1.165) is 0 Å². The Balaban J connectivity index is -0.0000000800. The van der Waals surface area contributed by atoms with Crippen molar-refractivity contribution in [3.63, 3.8) is 0 Å². The molecule has 0 aliphatic rings. The first-order valence-corrected chi connectivity index (χ1v) is 5.25. The fraction of sp³-hybridized carbons (Fsp3) is 0. The summed E-state index contributed by atoms with van der Waals surface area (Å²) in [7, 11) is 0. The van der Waals surface area contributed by atoms with Gasteiger partial charge in [0.1, 0.15) is 0 Å². The van der Waals surface area contributed by atoms with Gasteiger partial charge in [-0.25, -0.2) is 0 Å². The molecule has 0 radical (unpaired) electrons. The summed E-state index contributed by atoms with van der Waals surface area (Å²) in [5.74, 6) is 0. The van der Waals surface area contributed by atoms with Crippen LogP contribution in [0.25, 0.3) is 0 Å². The number of halogens is 2. The Hall–Kier alpha value is 0.358. The van der Waals surface area contributed by atoms with Crippen LogP contribution < -0.4 is 0 Å². The van der Waals surface area contributed by atoms with E-state index in [0.29, 0.717) is 0 Å². The molecule has 0 atom stereocenters. The number of hydrogen-bond donors (Lipinski definition) is 3. The topological polar surface area (TPSA) is 77.8 Å². The SMILES string of the molecule is F.F.[O]=[Sb]([OH])([OH])[OH]. The van der Waals surface area contributed by atoms with Gasteiger partial charge < -0.3 is 0 Å². The summed E-state index contributed by atoms with van der Waals surface area (Å²) in [4.78, 5) is 0. The van der Waals surface area contributed by atoms with Crippen LogP contribution in [0.15, 0.2) is 0 Å². The summed E-state index contributed by atoms with van der Waals surface area (Å²) < 4.78 is 30.8. The van der Waals surface area contributed by atoms with Gasteiger partial charge in [0.25, 0.3) is 0 Å². The van der Waals surface area contributed by atoms with Crippen molar-refractivity contribution in [1.29, 1.82) is 0 Å². The Morgan fingerprint density at radius 2 is 1.00 bits per heavy atom. The summed E-state index contributed by atoms with van der Waals surface area (Å²) in [6.45, 7) is 0. The summed E-state index contributed by atoms with van der Waals surface area (Å²) in [6.07, 6.45) is 0. The standard InChI is InChI=1S/2FH.3H2O.O.Sb/h2*1H;3*1H2;;/q;;;;;;+3/p-3. The first-order chi connectivity index (χ1) is 2.00. The monoisotopic (exact) mass is 228 g/mol. The van der Waals surface area contributed by atoms with E-state index >= 15 is 0 Å². The van der Waals surface area contributed by atoms with Crippen molar-refractivity contribution in [2.45, 2.75) is 0 Å². The Kier molecular flexibility index (Phi) is 10.1. The van der Waals surface area contributed by atoms with Crippen molar-refractivity contribution in [1.82, 2.24) is 0 Å². The van der Waals surface area contributed by atoms with Crippen molar-refractivity contribution in [3.8, 4) is 0 Å². The Morgan fingerprint density at radius 1 is 1.00 bits per heavy atom. The van der Waals surface area contributed by atoms with Gasteiger partial charge in [-0.1, -0.05) is 0 Å². The van der Waals surface area contributed by atoms with Crippen LogP contribution in [-0.2, 0) is 3.02 Å². The zero-order chi connectivity index (χ0) is 4.50. The summed E-state index contributed by atoms with van der Waals surface area (Å²) in [5.41, 5.74) is 0. The molecule has 0 aliphatic heterocycles. The second kappa shape index (κ2) is 4.52. The molecule has 0 aromatic heterocycles. The van der Waals surface area contributed by atoms with Gasteiger partial charge in [-0.3, -0.25) is 9.41 Å². The molecule has 0 heterocycles. The van der Waals surface area contributed by atoms with E-state index in [4.69, 9.17) is 13.2 Å². The average molecular weight is 229 g/mol. The average Bonchev–Trinajstić information content (AvgIpc) is 0.722. The number of rotatable bonds is 0. The molecule has 0 amide bonds. The Morgan fingerprint density at radius 3 is 1.00 bits per heavy atom. The maximum atomic E-state index is 8.97. The van der Waals surface area contributed by atoms with Crippen LogP contribution in [0.1, 0.15) is 0 Å². The second-order valence-electron chi connectivity index (χ2n) is 0.513. The van der Waals surface area contributed by atoms with E-state index in [9.17, 15) is 0 Å². The molecule has 0 unspecified atom stereocenters. The van der Waals surface area contributed by atoms with Gasteiger partial charge in [0.05, 0.1) is 0 Å². The van der Waals surface area contributed by atoms with Crippen molar-refractivity contribution in [3.05, 3.63) is 0 Å². The molecule has 7 heteroatoms. The molecule has 0 aliphatic carbocycles. The molecular formula is H5F2O4Sb. The quantitative estimate of drug-likeness (QED) is 0.425. The predicted octanol–water partition coefficient (Wildman–Crippen LogP) is -1.87. The summed E-state index contributed by atoms with van der Waals surface area (Å²) in [6, 6.07) is 0. The van der Waals surface area contributed by atoms with Gasteiger partial charge in [0.2, 0.25) is 0 Å². The maximum absolute atomic E-state index is 8.97. The zero-order valence-electron chi connectivity index (χ0n) is 3.01. The molecule has 0 rings (SSSR count). The van der Waals surface area contributed by atoms with Crippen LogP contribution >= 0.6 is 0 Å². The van der Waals surface area contributed by atoms with E-state index in [1.807, 2.05) is 0 Å². The fourth-order valence-electron chi connectivity index (χ4n) is 0. The Labute approximate surface area is 43.2 Å². The molecule has 0 spiro atoms. The Bertz CT molecular complexity index is 55.8. The van der Waals surface area contributed by atoms with E-state index in [1.54, 1.807) is 0 Å². The molecule has 0 saturated carbocycles. The third-order valence-corrected chi connectivity index (χ3v) is 0. The minimum absolute atomic E-state index is 0. The van der Waals surface area contributed by atoms with Gasteiger partial charge in [0.15, 0.2) is 0 Å². The molecule has 0 aromatic carbocycles. The van der Waals surface area contributed by atoms with Crippen molar-refractivity contribution < 1.29 is 22.6 Å². The molecule has 0 bridgehead atoms. The summed E-state index contributed by atoms with van der Waals surface area (Å²) >= 11 is -5.35. The van der Waals surface area contributed by atoms with Crippen LogP contribution in [0.5, 0.6) is 0 Å². The van der Waals surface area contributed by atoms with Crippen LogP contribution in [0.4, 0.5) is 9.41 Å². The first kappa shape index (κ1) is 15.7. The van der Waals surface area contributed by atoms with Gasteiger partial charge in [0, 0.05) is 0 Å². The molecular weight excluding hydrogens is 224 g/mol. The molecule has 7 heavy (non-hydrogen) atoms. The van der Waals surface area contributed by atoms with Crippen LogP contribution in [0.2, 0.25) is 0 Å². The van der Waals surface area contributed by atoms with Crippen LogP contribution in [0, 0.1) is 0 Å². The molecule has 0 saturated heterocycles. The van der Waals surface area contributed by atoms with E-state index < -0.39 is 20.1 Å². The molecule has 48 valence electrons. The van der Waals surface area contributed by atoms with Gasteiger partial charge in [-0.15, -0.1) is 0 Å². The zero-order valence-corrected chi connectivity index (χ0v) is 5.57. The van der Waals surface area contributed by atoms with Gasteiger partial charge >= 0.3 is 33.2 Å². The van der Waals surface area contributed by atoms with Crippen molar-refractivity contribution >= 4 is 20.1 Å².